The SMILES string of the molecule is CCCCn1c(=O)c2c(nc3n2[C@H](C)C(C)=NN3CCOC)n(C)c1=O. The number of methoxy groups -OCH3 is 1. The Morgan fingerprint density at radius 2 is 1.96 bits per heavy atom. The van der Waals surface area contributed by atoms with Crippen LogP contribution in [0.3, 0.4) is 0 Å². The van der Waals surface area contributed by atoms with Crippen molar-refractivity contribution in [1.29, 1.82) is 0 Å². The molecule has 2 aromatic heterocycles. The molecule has 0 bridgehead atoms. The van der Waals surface area contributed by atoms with Crippen molar-refractivity contribution >= 4 is 22.8 Å². The topological polar surface area (TPSA) is 86.7 Å². The van der Waals surface area contributed by atoms with Gasteiger partial charge in [-0.05, 0) is 20.3 Å². The van der Waals surface area contributed by atoms with E-state index in [2.05, 4.69) is 10.1 Å². The van der Waals surface area contributed by atoms with Gasteiger partial charge < -0.3 is 4.74 Å². The predicted octanol–water partition coefficient (Wildman–Crippen LogP) is 1.10. The molecule has 0 aliphatic carbocycles. The number of imidazole rings is 1. The quantitative estimate of drug-likeness (QED) is 0.768. The van der Waals surface area contributed by atoms with Crippen LogP contribution in [0.15, 0.2) is 14.7 Å². The van der Waals surface area contributed by atoms with Gasteiger partial charge in [0.05, 0.1) is 24.9 Å². The Labute approximate surface area is 151 Å². The maximum absolute atomic E-state index is 13.1. The molecule has 1 aliphatic heterocycles. The van der Waals surface area contributed by atoms with Crippen molar-refractivity contribution in [1.82, 2.24) is 18.7 Å². The second-order valence-corrected chi connectivity index (χ2v) is 6.64. The highest BCUT2D eigenvalue weighted by Gasteiger charge is 2.30. The lowest BCUT2D eigenvalue weighted by molar-refractivity contribution is 0.204. The number of nitrogens with zero attached hydrogens (tertiary/aromatic N) is 6. The van der Waals surface area contributed by atoms with Gasteiger partial charge in [-0.1, -0.05) is 13.3 Å². The Hall–Kier alpha value is -2.42. The molecule has 26 heavy (non-hydrogen) atoms. The Kier molecular flexibility index (Phi) is 4.99. The van der Waals surface area contributed by atoms with Crippen LogP contribution < -0.4 is 16.3 Å². The van der Waals surface area contributed by atoms with E-state index in [4.69, 9.17) is 4.74 Å². The molecule has 3 heterocycles. The zero-order valence-electron chi connectivity index (χ0n) is 16.0. The van der Waals surface area contributed by atoms with Crippen molar-refractivity contribution in [2.24, 2.45) is 12.1 Å². The number of hydrazone groups is 1. The third-order valence-electron chi connectivity index (χ3n) is 4.90. The van der Waals surface area contributed by atoms with Crippen LogP contribution >= 0.6 is 0 Å². The molecule has 1 atom stereocenters. The van der Waals surface area contributed by atoms with Crippen LogP contribution in [0, 0.1) is 0 Å². The number of hydrogen-bond donors (Lipinski definition) is 0. The third kappa shape index (κ3) is 2.76. The summed E-state index contributed by atoms with van der Waals surface area (Å²) in [6, 6.07) is -0.112. The standard InChI is InChI=1S/C17H26N6O3/c1-6-7-8-21-15(24)13-14(20(4)17(21)25)18-16-22(9-10-26-5)19-11(2)12(3)23(13)16/h12H,6-10H2,1-5H3/t12-/m1/s1. The van der Waals surface area contributed by atoms with Crippen LogP contribution in [0.1, 0.15) is 39.7 Å². The van der Waals surface area contributed by atoms with Gasteiger partial charge >= 0.3 is 5.69 Å². The Balaban J connectivity index is 2.29. The molecule has 1 aliphatic rings. The molecule has 0 unspecified atom stereocenters. The fourth-order valence-corrected chi connectivity index (χ4v) is 3.22. The number of aromatic nitrogens is 4. The first kappa shape index (κ1) is 18.4. The van der Waals surface area contributed by atoms with Crippen molar-refractivity contribution in [2.75, 3.05) is 25.3 Å². The number of aryl methyl sites for hydroxylation is 1. The number of fused-ring (bicyclic) bond motifs is 3. The van der Waals surface area contributed by atoms with Gasteiger partial charge in [-0.2, -0.15) is 10.1 Å². The van der Waals surface area contributed by atoms with Crippen LogP contribution in [0.2, 0.25) is 0 Å². The number of unbranched alkanes of at least 4 members (excludes halogenated alkanes) is 1. The van der Waals surface area contributed by atoms with Gasteiger partial charge in [0.2, 0.25) is 5.95 Å². The third-order valence-corrected chi connectivity index (χ3v) is 4.90. The second-order valence-electron chi connectivity index (χ2n) is 6.64. The van der Waals surface area contributed by atoms with E-state index in [1.807, 2.05) is 25.3 Å². The minimum absolute atomic E-state index is 0.112. The average molecular weight is 362 g/mol. The maximum atomic E-state index is 13.1. The molecular weight excluding hydrogens is 336 g/mol. The Morgan fingerprint density at radius 3 is 2.62 bits per heavy atom. The lowest BCUT2D eigenvalue weighted by Gasteiger charge is -2.28. The van der Waals surface area contributed by atoms with Crippen LogP contribution in [-0.2, 0) is 18.3 Å². The lowest BCUT2D eigenvalue weighted by atomic mass is 10.2. The summed E-state index contributed by atoms with van der Waals surface area (Å²) in [5.41, 5.74) is 1.09. The largest absolute Gasteiger partial charge is 0.383 e. The summed E-state index contributed by atoms with van der Waals surface area (Å²) in [5, 5.41) is 6.32. The van der Waals surface area contributed by atoms with E-state index in [0.717, 1.165) is 18.6 Å². The van der Waals surface area contributed by atoms with Crippen molar-refractivity contribution < 1.29 is 4.74 Å². The molecule has 0 radical (unpaired) electrons. The molecule has 3 rings (SSSR count). The first-order valence-electron chi connectivity index (χ1n) is 8.95. The number of anilines is 1. The zero-order valence-corrected chi connectivity index (χ0v) is 16.0. The molecular formula is C17H26N6O3. The molecule has 0 amide bonds. The van der Waals surface area contributed by atoms with Crippen molar-refractivity contribution in [3.63, 3.8) is 0 Å². The maximum Gasteiger partial charge on any atom is 0.332 e. The Bertz CT molecular complexity index is 968. The highest BCUT2D eigenvalue weighted by atomic mass is 16.5. The number of rotatable bonds is 6. The van der Waals surface area contributed by atoms with Gasteiger partial charge in [0.25, 0.3) is 5.56 Å². The zero-order chi connectivity index (χ0) is 19.0. The molecule has 9 heteroatoms. The summed E-state index contributed by atoms with van der Waals surface area (Å²) in [5.74, 6) is 0.565. The summed E-state index contributed by atoms with van der Waals surface area (Å²) < 4.78 is 9.81. The average Bonchev–Trinajstić information content (AvgIpc) is 3.03. The monoisotopic (exact) mass is 362 g/mol. The summed E-state index contributed by atoms with van der Waals surface area (Å²) in [7, 11) is 3.28. The molecule has 0 saturated heterocycles. The van der Waals surface area contributed by atoms with E-state index < -0.39 is 0 Å². The summed E-state index contributed by atoms with van der Waals surface area (Å²) in [6.45, 7) is 7.35. The number of ether oxygens (including phenoxy) is 1. The highest BCUT2D eigenvalue weighted by Crippen LogP contribution is 2.29. The number of hydrogen-bond acceptors (Lipinski definition) is 6. The van der Waals surface area contributed by atoms with Gasteiger partial charge in [-0.3, -0.25) is 18.5 Å². The molecule has 9 nitrogen and oxygen atoms in total. The van der Waals surface area contributed by atoms with Crippen molar-refractivity contribution in [3.05, 3.63) is 20.8 Å². The van der Waals surface area contributed by atoms with Gasteiger partial charge in [0, 0.05) is 20.7 Å². The van der Waals surface area contributed by atoms with Gasteiger partial charge in [-0.15, -0.1) is 0 Å². The summed E-state index contributed by atoms with van der Waals surface area (Å²) in [6.07, 6.45) is 1.68. The summed E-state index contributed by atoms with van der Waals surface area (Å²) >= 11 is 0. The van der Waals surface area contributed by atoms with E-state index in [-0.39, 0.29) is 17.3 Å². The minimum atomic E-state index is -0.333. The summed E-state index contributed by atoms with van der Waals surface area (Å²) in [4.78, 5) is 30.3. The molecule has 0 saturated carbocycles. The van der Waals surface area contributed by atoms with Crippen molar-refractivity contribution in [2.45, 2.75) is 46.2 Å². The van der Waals surface area contributed by atoms with Crippen molar-refractivity contribution in [3.8, 4) is 0 Å². The van der Waals surface area contributed by atoms with Gasteiger partial charge in [-0.25, -0.2) is 9.80 Å². The lowest BCUT2D eigenvalue weighted by Crippen LogP contribution is -2.40. The molecule has 0 spiro atoms. The first-order chi connectivity index (χ1) is 12.4. The van der Waals surface area contributed by atoms with E-state index >= 15 is 0 Å². The van der Waals surface area contributed by atoms with Crippen LogP contribution in [0.5, 0.6) is 0 Å². The molecule has 0 aromatic carbocycles. The predicted molar refractivity (Wildman–Crippen MR) is 101 cm³/mol. The molecule has 142 valence electrons. The normalized spacial score (nSPS) is 16.9. The Morgan fingerprint density at radius 1 is 1.23 bits per heavy atom. The smallest absolute Gasteiger partial charge is 0.332 e. The van der Waals surface area contributed by atoms with E-state index in [9.17, 15) is 9.59 Å². The second kappa shape index (κ2) is 7.06. The van der Waals surface area contributed by atoms with Crippen LogP contribution in [0.25, 0.3) is 11.2 Å². The molecule has 2 aromatic rings. The minimum Gasteiger partial charge on any atom is -0.383 e. The van der Waals surface area contributed by atoms with E-state index in [1.54, 1.807) is 19.2 Å². The van der Waals surface area contributed by atoms with Gasteiger partial charge in [0.1, 0.15) is 0 Å². The van der Waals surface area contributed by atoms with E-state index in [0.29, 0.717) is 36.8 Å². The van der Waals surface area contributed by atoms with Crippen LogP contribution in [0.4, 0.5) is 5.95 Å². The fraction of sp³-hybridized carbons (Fsp3) is 0.647. The van der Waals surface area contributed by atoms with Gasteiger partial charge in [0.15, 0.2) is 11.2 Å². The molecule has 0 fully saturated rings. The van der Waals surface area contributed by atoms with E-state index in [1.165, 1.54) is 9.13 Å². The molecule has 0 N–H and O–H groups in total. The highest BCUT2D eigenvalue weighted by molar-refractivity contribution is 5.91. The van der Waals surface area contributed by atoms with Crippen LogP contribution in [-0.4, -0.2) is 44.7 Å². The first-order valence-corrected chi connectivity index (χ1v) is 8.95. The fourth-order valence-electron chi connectivity index (χ4n) is 3.22.